The average Bonchev–Trinajstić information content (AvgIpc) is 2.22. The van der Waals surface area contributed by atoms with E-state index in [1.165, 1.54) is 7.11 Å². The molecule has 0 aliphatic rings. The van der Waals surface area contributed by atoms with Gasteiger partial charge in [0, 0.05) is 23.6 Å². The highest BCUT2D eigenvalue weighted by Gasteiger charge is 1.98. The van der Waals surface area contributed by atoms with E-state index in [1.54, 1.807) is 21.6 Å². The highest BCUT2D eigenvalue weighted by atomic mass is 33.1. The van der Waals surface area contributed by atoms with Crippen LogP contribution >= 0.6 is 21.6 Å². The fourth-order valence-electron chi connectivity index (χ4n) is 0.598. The molecule has 82 valence electrons. The molecule has 0 saturated carbocycles. The number of hydrogen-bond acceptors (Lipinski definition) is 6. The van der Waals surface area contributed by atoms with Crippen LogP contribution in [0, 0.1) is 10.8 Å². The number of hydrogen-bond donors (Lipinski definition) is 3. The van der Waals surface area contributed by atoms with E-state index in [0.29, 0.717) is 24.5 Å². The smallest absolute Gasteiger partial charge is 0.180 e. The summed E-state index contributed by atoms with van der Waals surface area (Å²) in [6.07, 6.45) is 1.28. The van der Waals surface area contributed by atoms with Gasteiger partial charge in [-0.05, 0) is 6.42 Å². The second-order valence-corrected chi connectivity index (χ2v) is 5.24. The summed E-state index contributed by atoms with van der Waals surface area (Å²) >= 11 is 0. The molecule has 6 heteroatoms. The molecule has 0 aromatic heterocycles. The van der Waals surface area contributed by atoms with E-state index in [9.17, 15) is 0 Å². The monoisotopic (exact) mass is 236 g/mol. The Hall–Kier alpha value is -0.200. The van der Waals surface area contributed by atoms with Gasteiger partial charge in [0.05, 0.1) is 13.7 Å². The number of aliphatic hydroxyl groups excluding tert-OH is 1. The van der Waals surface area contributed by atoms with Crippen LogP contribution < -0.4 is 0 Å². The van der Waals surface area contributed by atoms with Gasteiger partial charge in [0.2, 0.25) is 0 Å². The Morgan fingerprint density at radius 3 is 2.29 bits per heavy atom. The third-order valence-electron chi connectivity index (χ3n) is 1.42. The zero-order valence-corrected chi connectivity index (χ0v) is 9.84. The lowest BCUT2D eigenvalue weighted by molar-refractivity contribution is 0.354. The summed E-state index contributed by atoms with van der Waals surface area (Å²) in [6, 6.07) is 0. The van der Waals surface area contributed by atoms with Gasteiger partial charge in [-0.3, -0.25) is 5.41 Å². The molecular formula is C8H16N2O2S2. The van der Waals surface area contributed by atoms with Crippen molar-refractivity contribution in [3.63, 3.8) is 0 Å². The second-order valence-electron chi connectivity index (χ2n) is 2.53. The van der Waals surface area contributed by atoms with Gasteiger partial charge >= 0.3 is 0 Å². The summed E-state index contributed by atoms with van der Waals surface area (Å²) in [5, 5.41) is 22.9. The van der Waals surface area contributed by atoms with Crippen LogP contribution in [0.1, 0.15) is 12.8 Å². The molecule has 0 bridgehead atoms. The third kappa shape index (κ3) is 8.40. The number of aliphatic hydroxyl groups is 1. The Morgan fingerprint density at radius 1 is 1.21 bits per heavy atom. The lowest BCUT2D eigenvalue weighted by Gasteiger charge is -2.02. The minimum atomic E-state index is -0.139. The Balaban J connectivity index is 3.14. The van der Waals surface area contributed by atoms with E-state index >= 15 is 0 Å². The highest BCUT2D eigenvalue weighted by molar-refractivity contribution is 8.76. The Morgan fingerprint density at radius 2 is 1.79 bits per heavy atom. The minimum Gasteiger partial charge on any atom is -0.484 e. The highest BCUT2D eigenvalue weighted by Crippen LogP contribution is 2.22. The van der Waals surface area contributed by atoms with Gasteiger partial charge in [0.15, 0.2) is 5.90 Å². The molecule has 0 aromatic rings. The van der Waals surface area contributed by atoms with E-state index in [-0.39, 0.29) is 6.61 Å². The molecule has 14 heavy (non-hydrogen) atoms. The van der Waals surface area contributed by atoms with E-state index < -0.39 is 0 Å². The molecule has 0 aromatic carbocycles. The largest absolute Gasteiger partial charge is 0.484 e. The van der Waals surface area contributed by atoms with E-state index in [2.05, 4.69) is 0 Å². The van der Waals surface area contributed by atoms with Crippen LogP contribution in [0.3, 0.4) is 0 Å². The maximum absolute atomic E-state index is 8.56. The topological polar surface area (TPSA) is 77.2 Å². The Bertz CT molecular complexity index is 168. The first-order valence-electron chi connectivity index (χ1n) is 4.23. The van der Waals surface area contributed by atoms with Crippen molar-refractivity contribution in [1.29, 1.82) is 10.8 Å². The summed E-state index contributed by atoms with van der Waals surface area (Å²) < 4.78 is 4.71. The maximum Gasteiger partial charge on any atom is 0.180 e. The van der Waals surface area contributed by atoms with Crippen molar-refractivity contribution in [3.05, 3.63) is 0 Å². The van der Waals surface area contributed by atoms with Gasteiger partial charge in [0.1, 0.15) is 0 Å². The molecular weight excluding hydrogens is 220 g/mol. The van der Waals surface area contributed by atoms with Gasteiger partial charge in [-0.25, -0.2) is 0 Å². The van der Waals surface area contributed by atoms with Crippen molar-refractivity contribution in [3.8, 4) is 0 Å². The van der Waals surface area contributed by atoms with Gasteiger partial charge in [-0.2, -0.15) is 0 Å². The van der Waals surface area contributed by atoms with E-state index in [0.717, 1.165) is 11.5 Å². The molecule has 0 rings (SSSR count). The van der Waals surface area contributed by atoms with E-state index in [4.69, 9.17) is 20.7 Å². The van der Waals surface area contributed by atoms with Crippen molar-refractivity contribution in [1.82, 2.24) is 0 Å². The molecule has 0 spiro atoms. The first kappa shape index (κ1) is 13.8. The lowest BCUT2D eigenvalue weighted by atomic mass is 10.3. The molecule has 0 heterocycles. The first-order chi connectivity index (χ1) is 6.70. The minimum absolute atomic E-state index is 0.139. The number of rotatable bonds is 8. The molecule has 0 radical (unpaired) electrons. The lowest BCUT2D eigenvalue weighted by Crippen LogP contribution is -2.03. The number of nitrogens with one attached hydrogen (secondary N) is 2. The molecule has 4 nitrogen and oxygen atoms in total. The van der Waals surface area contributed by atoms with Gasteiger partial charge in [-0.15, -0.1) is 0 Å². The molecule has 0 unspecified atom stereocenters. The SMILES string of the molecule is COC(=N)CCSSCCC(=N)CO. The zero-order valence-electron chi connectivity index (χ0n) is 8.21. The Kier molecular flexibility index (Phi) is 9.23. The summed E-state index contributed by atoms with van der Waals surface area (Å²) in [5.74, 6) is 2.00. The van der Waals surface area contributed by atoms with Gasteiger partial charge < -0.3 is 15.3 Å². The summed E-state index contributed by atoms with van der Waals surface area (Å²) in [5.41, 5.74) is 0.378. The standard InChI is InChI=1S/C8H16N2O2S2/c1-12-8(10)3-5-14-13-4-2-7(9)6-11/h9-11H,2-6H2,1H3. The molecule has 0 aliphatic heterocycles. The van der Waals surface area contributed by atoms with Crippen molar-refractivity contribution < 1.29 is 9.84 Å². The van der Waals surface area contributed by atoms with Crippen molar-refractivity contribution in [2.45, 2.75) is 12.8 Å². The van der Waals surface area contributed by atoms with Gasteiger partial charge in [-0.1, -0.05) is 21.6 Å². The maximum atomic E-state index is 8.56. The summed E-state index contributed by atoms with van der Waals surface area (Å²) in [7, 11) is 4.83. The van der Waals surface area contributed by atoms with Crippen molar-refractivity contribution in [2.24, 2.45) is 0 Å². The molecule has 0 saturated heterocycles. The first-order valence-corrected chi connectivity index (χ1v) is 6.72. The second kappa shape index (κ2) is 9.36. The van der Waals surface area contributed by atoms with Crippen LogP contribution in [0.4, 0.5) is 0 Å². The molecule has 0 atom stereocenters. The van der Waals surface area contributed by atoms with Crippen LogP contribution in [-0.2, 0) is 4.74 Å². The molecule has 0 fully saturated rings. The number of methoxy groups -OCH3 is 1. The molecule has 0 aliphatic carbocycles. The van der Waals surface area contributed by atoms with Crippen LogP contribution in [0.2, 0.25) is 0 Å². The predicted molar refractivity (Wildman–Crippen MR) is 63.7 cm³/mol. The van der Waals surface area contributed by atoms with Crippen LogP contribution in [-0.4, -0.2) is 41.9 Å². The summed E-state index contributed by atoms with van der Waals surface area (Å²) in [4.78, 5) is 0. The predicted octanol–water partition coefficient (Wildman–Crippen LogP) is 1.78. The fraction of sp³-hybridized carbons (Fsp3) is 0.750. The molecule has 0 amide bonds. The summed E-state index contributed by atoms with van der Waals surface area (Å²) in [6.45, 7) is -0.139. The van der Waals surface area contributed by atoms with Crippen LogP contribution in [0.5, 0.6) is 0 Å². The zero-order chi connectivity index (χ0) is 10.8. The van der Waals surface area contributed by atoms with Crippen LogP contribution in [0.15, 0.2) is 0 Å². The normalized spacial score (nSPS) is 9.86. The third-order valence-corrected chi connectivity index (χ3v) is 3.83. The van der Waals surface area contributed by atoms with Gasteiger partial charge in [0.25, 0.3) is 0 Å². The van der Waals surface area contributed by atoms with Crippen molar-refractivity contribution in [2.75, 3.05) is 25.2 Å². The molecule has 3 N–H and O–H groups in total. The average molecular weight is 236 g/mol. The quantitative estimate of drug-likeness (QED) is 0.260. The fourth-order valence-corrected chi connectivity index (χ4v) is 2.64. The van der Waals surface area contributed by atoms with Crippen molar-refractivity contribution >= 4 is 33.2 Å². The Labute approximate surface area is 92.2 Å². The van der Waals surface area contributed by atoms with E-state index in [1.807, 2.05) is 0 Å². The number of ether oxygens (including phenoxy) is 1. The van der Waals surface area contributed by atoms with Crippen LogP contribution in [0.25, 0.3) is 0 Å².